The monoisotopic (exact) mass is 451 g/mol. The minimum atomic E-state index is -0.857. The molecule has 0 radical (unpaired) electrons. The van der Waals surface area contributed by atoms with Gasteiger partial charge >= 0.3 is 6.09 Å². The summed E-state index contributed by atoms with van der Waals surface area (Å²) in [7, 11) is 3.04. The van der Waals surface area contributed by atoms with Crippen LogP contribution < -0.4 is 20.1 Å². The molecule has 0 aromatic heterocycles. The molecule has 8 nitrogen and oxygen atoms in total. The molecule has 1 saturated carbocycles. The summed E-state index contributed by atoms with van der Waals surface area (Å²) in [5.74, 6) is 0.293. The van der Waals surface area contributed by atoms with Gasteiger partial charge in [-0.1, -0.05) is 49.2 Å². The molecule has 2 N–H and O–H groups in total. The van der Waals surface area contributed by atoms with E-state index in [-0.39, 0.29) is 18.6 Å². The summed E-state index contributed by atoms with van der Waals surface area (Å²) in [5.41, 5.74) is 1.48. The molecule has 3 rings (SSSR count). The van der Waals surface area contributed by atoms with Crippen LogP contribution in [0.25, 0.3) is 0 Å². The van der Waals surface area contributed by atoms with Gasteiger partial charge in [-0.05, 0) is 36.1 Å². The third kappa shape index (κ3) is 6.39. The first-order chi connectivity index (χ1) is 16.0. The van der Waals surface area contributed by atoms with Crippen molar-refractivity contribution in [2.75, 3.05) is 14.2 Å². The van der Waals surface area contributed by atoms with Crippen molar-refractivity contribution in [1.29, 1.82) is 5.26 Å². The Morgan fingerprint density at radius 2 is 1.79 bits per heavy atom. The molecule has 33 heavy (non-hydrogen) atoms. The van der Waals surface area contributed by atoms with Gasteiger partial charge in [0.2, 0.25) is 5.91 Å². The minimum Gasteiger partial charge on any atom is -0.493 e. The van der Waals surface area contributed by atoms with Crippen LogP contribution in [-0.2, 0) is 16.1 Å². The molecule has 1 fully saturated rings. The lowest BCUT2D eigenvalue weighted by Crippen LogP contribution is -2.49. The molecule has 0 heterocycles. The van der Waals surface area contributed by atoms with Crippen molar-refractivity contribution < 1.29 is 23.8 Å². The minimum absolute atomic E-state index is 0.159. The predicted molar refractivity (Wildman–Crippen MR) is 122 cm³/mol. The number of rotatable bonds is 8. The van der Waals surface area contributed by atoms with Crippen LogP contribution in [0.3, 0.4) is 0 Å². The summed E-state index contributed by atoms with van der Waals surface area (Å²) >= 11 is 0. The summed E-state index contributed by atoms with van der Waals surface area (Å²) in [6.07, 6.45) is 2.53. The SMILES string of the molecule is COc1ccc(C(C#N)NC(=O)C2CCCCC2NC(=O)OCc2ccccc2)cc1OC. The molecule has 8 heteroatoms. The number of amides is 2. The van der Waals surface area contributed by atoms with E-state index in [2.05, 4.69) is 16.7 Å². The van der Waals surface area contributed by atoms with E-state index in [0.29, 0.717) is 29.9 Å². The number of ether oxygens (including phenoxy) is 3. The van der Waals surface area contributed by atoms with Gasteiger partial charge in [-0.15, -0.1) is 0 Å². The Balaban J connectivity index is 1.62. The molecule has 0 aliphatic heterocycles. The zero-order chi connectivity index (χ0) is 23.6. The molecular formula is C25H29N3O5. The van der Waals surface area contributed by atoms with Gasteiger partial charge in [-0.3, -0.25) is 4.79 Å². The van der Waals surface area contributed by atoms with Crippen molar-refractivity contribution in [2.45, 2.75) is 44.4 Å². The van der Waals surface area contributed by atoms with Gasteiger partial charge in [-0.2, -0.15) is 5.26 Å². The highest BCUT2D eigenvalue weighted by atomic mass is 16.5. The zero-order valence-corrected chi connectivity index (χ0v) is 18.9. The number of methoxy groups -OCH3 is 2. The summed E-state index contributed by atoms with van der Waals surface area (Å²) in [5, 5.41) is 15.3. The van der Waals surface area contributed by atoms with Crippen LogP contribution in [0.5, 0.6) is 11.5 Å². The van der Waals surface area contributed by atoms with E-state index in [9.17, 15) is 14.9 Å². The van der Waals surface area contributed by atoms with E-state index >= 15 is 0 Å². The van der Waals surface area contributed by atoms with Crippen LogP contribution in [0.2, 0.25) is 0 Å². The van der Waals surface area contributed by atoms with Crippen LogP contribution in [-0.4, -0.2) is 32.3 Å². The van der Waals surface area contributed by atoms with Gasteiger partial charge in [0.1, 0.15) is 12.6 Å². The van der Waals surface area contributed by atoms with Crippen molar-refractivity contribution >= 4 is 12.0 Å². The number of carbonyl (C=O) groups is 2. The molecule has 2 amide bonds. The predicted octanol–water partition coefficient (Wildman–Crippen LogP) is 3.87. The molecule has 2 aromatic rings. The van der Waals surface area contributed by atoms with Crippen LogP contribution in [0.4, 0.5) is 4.79 Å². The van der Waals surface area contributed by atoms with Crippen molar-refractivity contribution in [3.05, 3.63) is 59.7 Å². The molecule has 2 aromatic carbocycles. The molecule has 174 valence electrons. The lowest BCUT2D eigenvalue weighted by molar-refractivity contribution is -0.127. The standard InChI is InChI=1S/C25H29N3O5/c1-31-22-13-12-18(14-23(22)32-2)21(15-26)27-24(29)19-10-6-7-11-20(19)28-25(30)33-16-17-8-4-3-5-9-17/h3-5,8-9,12-14,19-21H,6-7,10-11,16H2,1-2H3,(H,27,29)(H,28,30). The van der Waals surface area contributed by atoms with Crippen molar-refractivity contribution in [3.8, 4) is 17.6 Å². The smallest absolute Gasteiger partial charge is 0.407 e. The Bertz CT molecular complexity index is 989. The van der Waals surface area contributed by atoms with Gasteiger partial charge in [-0.25, -0.2) is 4.79 Å². The summed E-state index contributed by atoms with van der Waals surface area (Å²) in [6, 6.07) is 15.4. The average Bonchev–Trinajstić information content (AvgIpc) is 2.86. The van der Waals surface area contributed by atoms with Crippen molar-refractivity contribution in [3.63, 3.8) is 0 Å². The van der Waals surface area contributed by atoms with Crippen LogP contribution in [0, 0.1) is 17.2 Å². The van der Waals surface area contributed by atoms with E-state index in [0.717, 1.165) is 18.4 Å². The topological polar surface area (TPSA) is 110 Å². The lowest BCUT2D eigenvalue weighted by Gasteiger charge is -2.31. The number of carbonyl (C=O) groups excluding carboxylic acids is 2. The molecule has 3 unspecified atom stereocenters. The number of nitriles is 1. The maximum atomic E-state index is 13.1. The largest absolute Gasteiger partial charge is 0.493 e. The molecule has 0 bridgehead atoms. The Morgan fingerprint density at radius 1 is 1.06 bits per heavy atom. The number of nitrogens with one attached hydrogen (secondary N) is 2. The average molecular weight is 452 g/mol. The van der Waals surface area contributed by atoms with E-state index in [1.54, 1.807) is 18.2 Å². The first kappa shape index (κ1) is 23.9. The molecule has 0 saturated heterocycles. The second-order valence-electron chi connectivity index (χ2n) is 7.89. The fourth-order valence-electron chi connectivity index (χ4n) is 4.01. The fraction of sp³-hybridized carbons (Fsp3) is 0.400. The normalized spacial score (nSPS) is 18.3. The van der Waals surface area contributed by atoms with Crippen molar-refractivity contribution in [1.82, 2.24) is 10.6 Å². The van der Waals surface area contributed by atoms with Crippen LogP contribution >= 0.6 is 0 Å². The number of alkyl carbamates (subject to hydrolysis) is 1. The Hall–Kier alpha value is -3.73. The molecule has 1 aliphatic rings. The lowest BCUT2D eigenvalue weighted by atomic mass is 9.83. The van der Waals surface area contributed by atoms with Crippen LogP contribution in [0.15, 0.2) is 48.5 Å². The summed E-state index contributed by atoms with van der Waals surface area (Å²) in [4.78, 5) is 25.4. The highest BCUT2D eigenvalue weighted by Gasteiger charge is 2.33. The zero-order valence-electron chi connectivity index (χ0n) is 18.9. The number of nitrogens with zero attached hydrogens (tertiary/aromatic N) is 1. The summed E-state index contributed by atoms with van der Waals surface area (Å²) < 4.78 is 15.9. The van der Waals surface area contributed by atoms with Gasteiger partial charge in [0.15, 0.2) is 11.5 Å². The van der Waals surface area contributed by atoms with E-state index in [4.69, 9.17) is 14.2 Å². The molecule has 1 aliphatic carbocycles. The number of hydrogen-bond acceptors (Lipinski definition) is 6. The second kappa shape index (κ2) is 11.8. The quantitative estimate of drug-likeness (QED) is 0.631. The Morgan fingerprint density at radius 3 is 2.48 bits per heavy atom. The molecule has 3 atom stereocenters. The maximum Gasteiger partial charge on any atom is 0.407 e. The highest BCUT2D eigenvalue weighted by molar-refractivity contribution is 5.81. The fourth-order valence-corrected chi connectivity index (χ4v) is 4.01. The first-order valence-electron chi connectivity index (χ1n) is 10.9. The van der Waals surface area contributed by atoms with Gasteiger partial charge in [0, 0.05) is 6.04 Å². The van der Waals surface area contributed by atoms with E-state index in [1.807, 2.05) is 30.3 Å². The van der Waals surface area contributed by atoms with E-state index < -0.39 is 18.1 Å². The number of benzene rings is 2. The van der Waals surface area contributed by atoms with Gasteiger partial charge in [0.05, 0.1) is 26.2 Å². The third-order valence-electron chi connectivity index (χ3n) is 5.78. The third-order valence-corrected chi connectivity index (χ3v) is 5.78. The Labute approximate surface area is 193 Å². The Kier molecular flexibility index (Phi) is 8.53. The maximum absolute atomic E-state index is 13.1. The summed E-state index contributed by atoms with van der Waals surface area (Å²) in [6.45, 7) is 0.159. The van der Waals surface area contributed by atoms with Crippen LogP contribution in [0.1, 0.15) is 42.9 Å². The van der Waals surface area contributed by atoms with E-state index in [1.165, 1.54) is 14.2 Å². The highest BCUT2D eigenvalue weighted by Crippen LogP contribution is 2.31. The first-order valence-corrected chi connectivity index (χ1v) is 10.9. The molecular weight excluding hydrogens is 422 g/mol. The molecule has 0 spiro atoms. The van der Waals surface area contributed by atoms with Crippen molar-refractivity contribution in [2.24, 2.45) is 5.92 Å². The second-order valence-corrected chi connectivity index (χ2v) is 7.89. The number of hydrogen-bond donors (Lipinski definition) is 2. The van der Waals surface area contributed by atoms with Gasteiger partial charge < -0.3 is 24.8 Å². The van der Waals surface area contributed by atoms with Gasteiger partial charge in [0.25, 0.3) is 0 Å².